The van der Waals surface area contributed by atoms with Crippen molar-refractivity contribution in [3.8, 4) is 5.75 Å². The average Bonchev–Trinajstić information content (AvgIpc) is 3.31. The molecule has 2 fully saturated rings. The van der Waals surface area contributed by atoms with Gasteiger partial charge in [0.1, 0.15) is 5.75 Å². The number of nitrogens with zero attached hydrogens (tertiary/aromatic N) is 2. The Balaban J connectivity index is 1.29. The summed E-state index contributed by atoms with van der Waals surface area (Å²) >= 11 is 1.81. The van der Waals surface area contributed by atoms with Crippen LogP contribution in [-0.2, 0) is 4.74 Å². The summed E-state index contributed by atoms with van der Waals surface area (Å²) < 4.78 is 11.6. The second-order valence-electron chi connectivity index (χ2n) is 8.93. The quantitative estimate of drug-likeness (QED) is 0.457. The van der Waals surface area contributed by atoms with Crippen LogP contribution in [0.25, 0.3) is 0 Å². The zero-order valence-corrected chi connectivity index (χ0v) is 19.4. The van der Waals surface area contributed by atoms with Crippen LogP contribution in [-0.4, -0.2) is 68.6 Å². The first-order chi connectivity index (χ1) is 15.3. The van der Waals surface area contributed by atoms with Crippen molar-refractivity contribution < 1.29 is 9.47 Å². The number of thioether (sulfide) groups is 1. The summed E-state index contributed by atoms with van der Waals surface area (Å²) in [4.78, 5) is 6.50. The molecular weight excluding hydrogens is 404 g/mol. The van der Waals surface area contributed by atoms with E-state index in [1.165, 1.54) is 41.0 Å². The van der Waals surface area contributed by atoms with Gasteiger partial charge in [-0.1, -0.05) is 18.2 Å². The lowest BCUT2D eigenvalue weighted by Gasteiger charge is -2.37. The fourth-order valence-corrected chi connectivity index (χ4v) is 5.81. The first-order valence-electron chi connectivity index (χ1n) is 11.8. The van der Waals surface area contributed by atoms with E-state index in [2.05, 4.69) is 58.5 Å². The molecular formula is C26H34N2O2S. The highest BCUT2D eigenvalue weighted by atomic mass is 32.2. The Hall–Kier alpha value is -1.53. The van der Waals surface area contributed by atoms with Crippen LogP contribution >= 0.6 is 11.8 Å². The smallest absolute Gasteiger partial charge is 0.119 e. The molecule has 0 saturated carbocycles. The number of morpholine rings is 1. The summed E-state index contributed by atoms with van der Waals surface area (Å²) in [6.07, 6.45) is 5.78. The van der Waals surface area contributed by atoms with E-state index in [0.717, 1.165) is 58.2 Å². The van der Waals surface area contributed by atoms with Crippen LogP contribution in [0.2, 0.25) is 0 Å². The fraction of sp³-hybridized carbons (Fsp3) is 0.538. The van der Waals surface area contributed by atoms with Crippen molar-refractivity contribution in [1.29, 1.82) is 0 Å². The van der Waals surface area contributed by atoms with Crippen molar-refractivity contribution in [2.45, 2.75) is 36.1 Å². The van der Waals surface area contributed by atoms with E-state index >= 15 is 0 Å². The maximum Gasteiger partial charge on any atom is 0.119 e. The van der Waals surface area contributed by atoms with Crippen LogP contribution in [0.1, 0.15) is 47.9 Å². The van der Waals surface area contributed by atoms with Gasteiger partial charge < -0.3 is 9.47 Å². The summed E-state index contributed by atoms with van der Waals surface area (Å²) in [5.74, 6) is 1.49. The lowest BCUT2D eigenvalue weighted by Crippen LogP contribution is -2.37. The van der Waals surface area contributed by atoms with Gasteiger partial charge in [0, 0.05) is 43.0 Å². The zero-order chi connectivity index (χ0) is 21.0. The Kier molecular flexibility index (Phi) is 6.84. The van der Waals surface area contributed by atoms with Crippen molar-refractivity contribution in [2.75, 3.05) is 58.8 Å². The van der Waals surface area contributed by atoms with Crippen LogP contribution < -0.4 is 4.74 Å². The topological polar surface area (TPSA) is 24.9 Å². The van der Waals surface area contributed by atoms with E-state index in [-0.39, 0.29) is 0 Å². The lowest BCUT2D eigenvalue weighted by molar-refractivity contribution is 0.0358. The van der Waals surface area contributed by atoms with Gasteiger partial charge >= 0.3 is 0 Å². The molecule has 2 aromatic carbocycles. The van der Waals surface area contributed by atoms with Gasteiger partial charge in [-0.3, -0.25) is 9.80 Å². The SMILES string of the molecule is CSc1ccc([C@H]2CN3CCCC3c3cc(OCCCN4CCOCC4)ccc32)cc1. The molecule has 0 amide bonds. The van der Waals surface area contributed by atoms with E-state index in [4.69, 9.17) is 9.47 Å². The molecule has 3 aliphatic heterocycles. The van der Waals surface area contributed by atoms with Crippen molar-refractivity contribution >= 4 is 11.8 Å². The maximum atomic E-state index is 6.20. The molecule has 0 aliphatic carbocycles. The standard InChI is InChI=1S/C26H34N2O2S/c1-31-22-8-5-20(6-9-22)25-19-28-12-2-4-26(28)24-18-21(7-10-23(24)25)30-15-3-11-27-13-16-29-17-14-27/h5-10,18,25-26H,2-4,11-17,19H2,1H3/t25-,26?/m1/s1. The highest BCUT2D eigenvalue weighted by Gasteiger charge is 2.36. The normalized spacial score (nSPS) is 24.0. The predicted octanol–water partition coefficient (Wildman–Crippen LogP) is 4.79. The number of hydrogen-bond acceptors (Lipinski definition) is 5. The van der Waals surface area contributed by atoms with Gasteiger partial charge in [0.2, 0.25) is 0 Å². The minimum Gasteiger partial charge on any atom is -0.494 e. The molecule has 3 aliphatic rings. The number of ether oxygens (including phenoxy) is 2. The van der Waals surface area contributed by atoms with E-state index in [0.29, 0.717) is 12.0 Å². The molecule has 2 saturated heterocycles. The van der Waals surface area contributed by atoms with Crippen LogP contribution in [0.5, 0.6) is 5.75 Å². The van der Waals surface area contributed by atoms with Crippen molar-refractivity contribution in [3.05, 3.63) is 59.2 Å². The molecule has 2 atom stereocenters. The largest absolute Gasteiger partial charge is 0.494 e. The van der Waals surface area contributed by atoms with Gasteiger partial charge in [-0.15, -0.1) is 11.8 Å². The highest BCUT2D eigenvalue weighted by Crippen LogP contribution is 2.45. The molecule has 0 bridgehead atoms. The Morgan fingerprint density at radius 2 is 1.87 bits per heavy atom. The molecule has 1 unspecified atom stereocenters. The third-order valence-corrected chi connectivity index (χ3v) is 7.83. The molecule has 4 nitrogen and oxygen atoms in total. The minimum atomic E-state index is 0.454. The monoisotopic (exact) mass is 438 g/mol. The average molecular weight is 439 g/mol. The lowest BCUT2D eigenvalue weighted by atomic mass is 9.81. The third kappa shape index (κ3) is 4.80. The maximum absolute atomic E-state index is 6.20. The molecule has 2 aromatic rings. The van der Waals surface area contributed by atoms with Gasteiger partial charge in [-0.25, -0.2) is 0 Å². The first-order valence-corrected chi connectivity index (χ1v) is 13.0. The van der Waals surface area contributed by atoms with Crippen LogP contribution in [0, 0.1) is 0 Å². The number of benzene rings is 2. The minimum absolute atomic E-state index is 0.454. The van der Waals surface area contributed by atoms with Crippen molar-refractivity contribution in [3.63, 3.8) is 0 Å². The van der Waals surface area contributed by atoms with E-state index in [9.17, 15) is 0 Å². The number of rotatable bonds is 7. The second kappa shape index (κ2) is 9.95. The van der Waals surface area contributed by atoms with Crippen LogP contribution in [0.15, 0.2) is 47.4 Å². The third-order valence-electron chi connectivity index (χ3n) is 7.08. The Labute approximate surface area is 190 Å². The van der Waals surface area contributed by atoms with Crippen molar-refractivity contribution in [1.82, 2.24) is 9.80 Å². The summed E-state index contributed by atoms with van der Waals surface area (Å²) in [6.45, 7) is 8.06. The van der Waals surface area contributed by atoms with Gasteiger partial charge in [-0.2, -0.15) is 0 Å². The first kappa shape index (κ1) is 21.3. The fourth-order valence-electron chi connectivity index (χ4n) is 5.40. The van der Waals surface area contributed by atoms with Gasteiger partial charge in [-0.05, 0) is 73.0 Å². The molecule has 0 aromatic heterocycles. The Morgan fingerprint density at radius 3 is 2.68 bits per heavy atom. The predicted molar refractivity (Wildman–Crippen MR) is 127 cm³/mol. The molecule has 0 radical (unpaired) electrons. The zero-order valence-electron chi connectivity index (χ0n) is 18.6. The van der Waals surface area contributed by atoms with E-state index < -0.39 is 0 Å². The summed E-state index contributed by atoms with van der Waals surface area (Å²) in [7, 11) is 0. The number of fused-ring (bicyclic) bond motifs is 3. The highest BCUT2D eigenvalue weighted by molar-refractivity contribution is 7.98. The van der Waals surface area contributed by atoms with Crippen molar-refractivity contribution in [2.24, 2.45) is 0 Å². The molecule has 5 heteroatoms. The molecule has 166 valence electrons. The Morgan fingerprint density at radius 1 is 1.03 bits per heavy atom. The summed E-state index contributed by atoms with van der Waals surface area (Å²) in [5.41, 5.74) is 4.43. The summed E-state index contributed by atoms with van der Waals surface area (Å²) in [6, 6.07) is 16.6. The Bertz CT molecular complexity index is 866. The summed E-state index contributed by atoms with van der Waals surface area (Å²) in [5, 5.41) is 0. The molecule has 0 N–H and O–H groups in total. The second-order valence-corrected chi connectivity index (χ2v) is 9.81. The van der Waals surface area contributed by atoms with E-state index in [1.54, 1.807) is 0 Å². The molecule has 0 spiro atoms. The number of hydrogen-bond donors (Lipinski definition) is 0. The molecule has 5 rings (SSSR count). The molecule has 3 heterocycles. The van der Waals surface area contributed by atoms with Gasteiger partial charge in [0.15, 0.2) is 0 Å². The van der Waals surface area contributed by atoms with Crippen LogP contribution in [0.4, 0.5) is 0 Å². The molecule has 31 heavy (non-hydrogen) atoms. The van der Waals surface area contributed by atoms with Gasteiger partial charge in [0.05, 0.1) is 19.8 Å². The van der Waals surface area contributed by atoms with Crippen LogP contribution in [0.3, 0.4) is 0 Å². The van der Waals surface area contributed by atoms with E-state index in [1.807, 2.05) is 11.8 Å². The van der Waals surface area contributed by atoms with Gasteiger partial charge in [0.25, 0.3) is 0 Å².